The van der Waals surface area contributed by atoms with Gasteiger partial charge in [-0.3, -0.25) is 9.78 Å². The van der Waals surface area contributed by atoms with Crippen molar-refractivity contribution >= 4 is 11.6 Å². The van der Waals surface area contributed by atoms with Gasteiger partial charge in [0.15, 0.2) is 0 Å². The molecule has 0 saturated heterocycles. The number of fused-ring (bicyclic) bond motifs is 2. The zero-order valence-electron chi connectivity index (χ0n) is 13.4. The Morgan fingerprint density at radius 1 is 1.46 bits per heavy atom. The van der Waals surface area contributed by atoms with Crippen molar-refractivity contribution in [2.45, 2.75) is 38.8 Å². The fourth-order valence-electron chi connectivity index (χ4n) is 2.55. The van der Waals surface area contributed by atoms with Crippen LogP contribution in [0.5, 0.6) is 0 Å². The Morgan fingerprint density at radius 3 is 2.88 bits per heavy atom. The summed E-state index contributed by atoms with van der Waals surface area (Å²) in [5.74, 6) is -0.595. The van der Waals surface area contributed by atoms with E-state index in [1.54, 1.807) is 13.0 Å². The van der Waals surface area contributed by atoms with Crippen molar-refractivity contribution in [2.24, 2.45) is 22.4 Å². The highest BCUT2D eigenvalue weighted by atomic mass is 19.3. The van der Waals surface area contributed by atoms with Gasteiger partial charge in [0.2, 0.25) is 5.91 Å². The first-order valence-electron chi connectivity index (χ1n) is 7.73. The Hall–Kier alpha value is -2.35. The molecule has 0 spiro atoms. The lowest BCUT2D eigenvalue weighted by molar-refractivity contribution is -0.123. The number of aliphatic imine (C=N–C) groups is 1. The van der Waals surface area contributed by atoms with E-state index >= 15 is 0 Å². The molecule has 0 radical (unpaired) electrons. The molecule has 0 fully saturated rings. The van der Waals surface area contributed by atoms with Gasteiger partial charge in [-0.15, -0.1) is 0 Å². The van der Waals surface area contributed by atoms with Gasteiger partial charge in [-0.2, -0.15) is 8.78 Å². The number of alkyl halides is 2. The highest BCUT2D eigenvalue weighted by Crippen LogP contribution is 2.21. The molecule has 1 amide bonds. The molecule has 0 aromatic carbocycles. The normalized spacial score (nSPS) is 26.1. The fraction of sp³-hybridized carbons (Fsp3) is 0.438. The van der Waals surface area contributed by atoms with Gasteiger partial charge in [0, 0.05) is 29.9 Å². The van der Waals surface area contributed by atoms with Crippen LogP contribution >= 0.6 is 0 Å². The first-order valence-corrected chi connectivity index (χ1v) is 7.73. The van der Waals surface area contributed by atoms with Crippen molar-refractivity contribution in [2.75, 3.05) is 0 Å². The van der Waals surface area contributed by atoms with E-state index in [4.69, 9.17) is 11.5 Å². The maximum atomic E-state index is 12.9. The van der Waals surface area contributed by atoms with E-state index < -0.39 is 6.55 Å². The Labute approximate surface area is 139 Å². The minimum Gasteiger partial charge on any atom is -0.403 e. The molecule has 1 aromatic rings. The lowest BCUT2D eigenvalue weighted by atomic mass is 9.97. The molecule has 2 atom stereocenters. The Balaban J connectivity index is 2.54. The number of pyridine rings is 1. The average molecular weight is 337 g/mol. The van der Waals surface area contributed by atoms with Gasteiger partial charge in [0.05, 0.1) is 17.1 Å². The van der Waals surface area contributed by atoms with Crippen LogP contribution in [0.15, 0.2) is 35.2 Å². The van der Waals surface area contributed by atoms with Crippen molar-refractivity contribution in [3.05, 3.63) is 41.5 Å². The van der Waals surface area contributed by atoms with E-state index in [-0.39, 0.29) is 29.3 Å². The molecule has 2 heterocycles. The summed E-state index contributed by atoms with van der Waals surface area (Å²) in [4.78, 5) is 19.8. The molecule has 1 aliphatic rings. The average Bonchev–Trinajstić information content (AvgIpc) is 2.56. The van der Waals surface area contributed by atoms with Crippen LogP contribution in [0, 0.1) is 5.92 Å². The lowest BCUT2D eigenvalue weighted by Gasteiger charge is -2.19. The topological polar surface area (TPSA) is 106 Å². The van der Waals surface area contributed by atoms with Crippen molar-refractivity contribution in [1.82, 2.24) is 10.3 Å². The van der Waals surface area contributed by atoms with Crippen molar-refractivity contribution in [1.29, 1.82) is 0 Å². The summed E-state index contributed by atoms with van der Waals surface area (Å²) in [6.45, 7) is -1.18. The van der Waals surface area contributed by atoms with E-state index in [0.717, 1.165) is 12.6 Å². The molecule has 0 aliphatic carbocycles. The number of allylic oxidation sites excluding steroid dienone is 1. The molecule has 6 nitrogen and oxygen atoms in total. The summed E-state index contributed by atoms with van der Waals surface area (Å²) in [5, 5.41) is 2.59. The first kappa shape index (κ1) is 18.0. The minimum absolute atomic E-state index is 0.0402. The van der Waals surface area contributed by atoms with Gasteiger partial charge >= 0.3 is 6.55 Å². The van der Waals surface area contributed by atoms with E-state index in [1.807, 2.05) is 0 Å². The zero-order valence-corrected chi connectivity index (χ0v) is 13.4. The van der Waals surface area contributed by atoms with Crippen LogP contribution in [0.4, 0.5) is 8.78 Å². The number of carbonyl (C=O) groups is 1. The smallest absolute Gasteiger partial charge is 0.332 e. The fourth-order valence-corrected chi connectivity index (χ4v) is 2.55. The number of carbonyl (C=O) groups excluding carboxylic acids is 1. The highest BCUT2D eigenvalue weighted by molar-refractivity contribution is 6.14. The van der Waals surface area contributed by atoms with Gasteiger partial charge in [-0.05, 0) is 25.0 Å². The first-order chi connectivity index (χ1) is 11.4. The minimum atomic E-state index is -2.94. The second-order valence-electron chi connectivity index (χ2n) is 5.73. The molecule has 2 bridgehead atoms. The number of rotatable bonds is 1. The summed E-state index contributed by atoms with van der Waals surface area (Å²) in [5.41, 5.74) is 12.6. The summed E-state index contributed by atoms with van der Waals surface area (Å²) < 4.78 is 25.8. The summed E-state index contributed by atoms with van der Waals surface area (Å²) in [6.07, 6.45) is 4.57. The second kappa shape index (κ2) is 7.96. The third-order valence-electron chi connectivity index (χ3n) is 3.94. The molecule has 8 heteroatoms. The number of aromatic nitrogens is 1. The number of amides is 1. The van der Waals surface area contributed by atoms with Crippen molar-refractivity contribution in [3.63, 3.8) is 0 Å². The molecular formula is C16H21F2N5O. The van der Waals surface area contributed by atoms with Crippen LogP contribution in [0.1, 0.15) is 43.5 Å². The molecule has 2 unspecified atom stereocenters. The number of nitrogens with two attached hydrogens (primary N) is 2. The Bertz CT molecular complexity index is 660. The van der Waals surface area contributed by atoms with Gasteiger partial charge in [0.1, 0.15) is 0 Å². The lowest BCUT2D eigenvalue weighted by Crippen LogP contribution is -2.33. The van der Waals surface area contributed by atoms with Gasteiger partial charge in [-0.1, -0.05) is 13.3 Å². The van der Waals surface area contributed by atoms with E-state index in [9.17, 15) is 13.6 Å². The van der Waals surface area contributed by atoms with Crippen LogP contribution in [-0.2, 0) is 4.79 Å². The van der Waals surface area contributed by atoms with Crippen LogP contribution in [0.3, 0.4) is 0 Å². The van der Waals surface area contributed by atoms with E-state index in [1.165, 1.54) is 12.3 Å². The van der Waals surface area contributed by atoms with Crippen molar-refractivity contribution < 1.29 is 13.6 Å². The molecular weight excluding hydrogens is 316 g/mol. The SMILES string of the molecule is CC1CCCC(N)c2cc(ccn2)C(=N\C(F)F)/C(=C\N)NC1=O. The standard InChI is InChI=1S/C16H21F2N5O/c1-9-3-2-4-11(20)12-7-10(5-6-21-12)14(23-16(17)18)13(8-19)22-15(9)24/h5-9,11,16H,2-4,19-20H2,1H3,(H,22,24)/b13-8+,23-14+. The van der Waals surface area contributed by atoms with Gasteiger partial charge in [-0.25, -0.2) is 4.99 Å². The maximum absolute atomic E-state index is 12.9. The monoisotopic (exact) mass is 337 g/mol. The molecule has 130 valence electrons. The summed E-state index contributed by atoms with van der Waals surface area (Å²) in [6, 6.07) is 2.80. The van der Waals surface area contributed by atoms with E-state index in [2.05, 4.69) is 15.3 Å². The largest absolute Gasteiger partial charge is 0.403 e. The van der Waals surface area contributed by atoms with Crippen molar-refractivity contribution in [3.8, 4) is 0 Å². The summed E-state index contributed by atoms with van der Waals surface area (Å²) >= 11 is 0. The molecule has 5 N–H and O–H groups in total. The van der Waals surface area contributed by atoms with Crippen LogP contribution in [-0.4, -0.2) is 23.2 Å². The number of halogens is 2. The second-order valence-corrected chi connectivity index (χ2v) is 5.73. The zero-order chi connectivity index (χ0) is 17.7. The van der Waals surface area contributed by atoms with Gasteiger partial charge in [0.25, 0.3) is 0 Å². The summed E-state index contributed by atoms with van der Waals surface area (Å²) in [7, 11) is 0. The number of hydrogen-bond acceptors (Lipinski definition) is 5. The molecule has 1 aliphatic heterocycles. The third kappa shape index (κ3) is 4.35. The Kier molecular flexibility index (Phi) is 5.97. The molecule has 2 rings (SSSR count). The Morgan fingerprint density at radius 2 is 2.21 bits per heavy atom. The third-order valence-corrected chi connectivity index (χ3v) is 3.94. The molecule has 24 heavy (non-hydrogen) atoms. The van der Waals surface area contributed by atoms with Crippen LogP contribution in [0.25, 0.3) is 0 Å². The predicted molar refractivity (Wildman–Crippen MR) is 87.1 cm³/mol. The van der Waals surface area contributed by atoms with Gasteiger partial charge < -0.3 is 16.8 Å². The number of hydrogen-bond donors (Lipinski definition) is 3. The maximum Gasteiger partial charge on any atom is 0.332 e. The highest BCUT2D eigenvalue weighted by Gasteiger charge is 2.21. The van der Waals surface area contributed by atoms with Crippen LogP contribution in [0.2, 0.25) is 0 Å². The van der Waals surface area contributed by atoms with Crippen LogP contribution < -0.4 is 16.8 Å². The quantitative estimate of drug-likeness (QED) is 0.680. The molecule has 1 aromatic heterocycles. The molecule has 0 saturated carbocycles. The number of nitrogens with one attached hydrogen (secondary N) is 1. The number of nitrogens with zero attached hydrogens (tertiary/aromatic N) is 2. The van der Waals surface area contributed by atoms with E-state index in [0.29, 0.717) is 24.1 Å². The predicted octanol–water partition coefficient (Wildman–Crippen LogP) is 1.83.